The number of hydrazone groups is 1. The van der Waals surface area contributed by atoms with Crippen LogP contribution in [0.4, 0.5) is 5.13 Å². The first-order valence-electron chi connectivity index (χ1n) is 8.87. The summed E-state index contributed by atoms with van der Waals surface area (Å²) in [6, 6.07) is 16.1. The number of carboxylic acids is 1. The number of aromatic carboxylic acids is 1. The highest BCUT2D eigenvalue weighted by atomic mass is 32.1. The largest absolute Gasteiger partial charge is 0.485 e. The fourth-order valence-corrected chi connectivity index (χ4v) is 3.92. The van der Waals surface area contributed by atoms with Crippen LogP contribution in [-0.2, 0) is 0 Å². The van der Waals surface area contributed by atoms with E-state index in [-0.39, 0.29) is 11.0 Å². The summed E-state index contributed by atoms with van der Waals surface area (Å²) in [6.07, 6.45) is 0.466. The molecule has 0 amide bonds. The van der Waals surface area contributed by atoms with E-state index >= 15 is 0 Å². The monoisotopic (exact) mass is 393 g/mol. The molecule has 0 spiro atoms. The van der Waals surface area contributed by atoms with Crippen LogP contribution < -0.4 is 10.2 Å². The molecular formula is C21H19N3O3S. The van der Waals surface area contributed by atoms with Gasteiger partial charge in [-0.05, 0) is 31.5 Å². The van der Waals surface area contributed by atoms with Gasteiger partial charge in [0.25, 0.3) is 0 Å². The molecule has 0 fully saturated rings. The third-order valence-corrected chi connectivity index (χ3v) is 5.59. The fraction of sp³-hybridized carbons (Fsp3) is 0.190. The molecule has 1 atom stereocenters. The molecule has 0 radical (unpaired) electrons. The van der Waals surface area contributed by atoms with Gasteiger partial charge >= 0.3 is 5.97 Å². The summed E-state index contributed by atoms with van der Waals surface area (Å²) in [6.45, 7) is 3.70. The first-order chi connectivity index (χ1) is 13.5. The first-order valence-corrected chi connectivity index (χ1v) is 9.69. The quantitative estimate of drug-likeness (QED) is 0.622. The van der Waals surface area contributed by atoms with E-state index in [1.54, 1.807) is 6.92 Å². The SMILES string of the molecule is Cc1ccc2c(c1)/C(=N/Nc1nc(C)c(C(=O)O)s1)CC(c1ccccc1)O2. The number of benzene rings is 2. The Kier molecular flexibility index (Phi) is 4.83. The number of hydrogen-bond acceptors (Lipinski definition) is 6. The smallest absolute Gasteiger partial charge is 0.347 e. The van der Waals surface area contributed by atoms with Gasteiger partial charge in [-0.2, -0.15) is 5.10 Å². The Labute approximate surface area is 166 Å². The lowest BCUT2D eigenvalue weighted by atomic mass is 9.94. The average molecular weight is 393 g/mol. The van der Waals surface area contributed by atoms with Crippen LogP contribution in [0.3, 0.4) is 0 Å². The maximum atomic E-state index is 11.2. The van der Waals surface area contributed by atoms with Gasteiger partial charge in [-0.1, -0.05) is 53.3 Å². The molecule has 7 heteroatoms. The number of carbonyl (C=O) groups is 1. The summed E-state index contributed by atoms with van der Waals surface area (Å²) < 4.78 is 6.21. The molecule has 4 rings (SSSR count). The average Bonchev–Trinajstić information content (AvgIpc) is 3.07. The van der Waals surface area contributed by atoms with Crippen LogP contribution in [0.15, 0.2) is 53.6 Å². The number of carboxylic acid groups (broad SMARTS) is 1. The van der Waals surface area contributed by atoms with E-state index in [0.717, 1.165) is 39.5 Å². The number of thiazole rings is 1. The van der Waals surface area contributed by atoms with Gasteiger partial charge in [-0.25, -0.2) is 9.78 Å². The minimum Gasteiger partial charge on any atom is -0.485 e. The number of ether oxygens (including phenoxy) is 1. The molecule has 1 unspecified atom stereocenters. The van der Waals surface area contributed by atoms with Gasteiger partial charge in [0.2, 0.25) is 5.13 Å². The van der Waals surface area contributed by atoms with Crippen molar-refractivity contribution in [1.82, 2.24) is 4.98 Å². The predicted molar refractivity (Wildman–Crippen MR) is 110 cm³/mol. The maximum Gasteiger partial charge on any atom is 0.347 e. The normalized spacial score (nSPS) is 17.1. The van der Waals surface area contributed by atoms with E-state index in [2.05, 4.69) is 15.5 Å². The summed E-state index contributed by atoms with van der Waals surface area (Å²) in [5, 5.41) is 14.2. The van der Waals surface area contributed by atoms with Crippen LogP contribution >= 0.6 is 11.3 Å². The molecule has 2 N–H and O–H groups in total. The van der Waals surface area contributed by atoms with Crippen molar-refractivity contribution >= 4 is 28.1 Å². The lowest BCUT2D eigenvalue weighted by molar-refractivity contribution is 0.0701. The van der Waals surface area contributed by atoms with Crippen molar-refractivity contribution in [2.75, 3.05) is 5.43 Å². The zero-order valence-electron chi connectivity index (χ0n) is 15.5. The van der Waals surface area contributed by atoms with E-state index in [1.165, 1.54) is 0 Å². The molecule has 28 heavy (non-hydrogen) atoms. The fourth-order valence-electron chi connectivity index (χ4n) is 3.17. The van der Waals surface area contributed by atoms with Crippen molar-refractivity contribution in [2.45, 2.75) is 26.4 Å². The molecule has 0 saturated heterocycles. The Bertz CT molecular complexity index is 1060. The predicted octanol–water partition coefficient (Wildman–Crippen LogP) is 4.80. The number of hydrogen-bond donors (Lipinski definition) is 2. The van der Waals surface area contributed by atoms with Crippen LogP contribution in [0.5, 0.6) is 5.75 Å². The Hall–Kier alpha value is -3.19. The number of nitrogens with one attached hydrogen (secondary N) is 1. The van der Waals surface area contributed by atoms with Crippen molar-refractivity contribution in [3.63, 3.8) is 0 Å². The van der Waals surface area contributed by atoms with Crippen LogP contribution in [0.25, 0.3) is 0 Å². The first kappa shape index (κ1) is 18.2. The van der Waals surface area contributed by atoms with E-state index in [9.17, 15) is 9.90 Å². The third-order valence-electron chi connectivity index (χ3n) is 4.54. The Morgan fingerprint density at radius 3 is 2.75 bits per heavy atom. The number of rotatable bonds is 4. The van der Waals surface area contributed by atoms with Gasteiger partial charge in [0.05, 0.1) is 11.4 Å². The second-order valence-corrected chi connectivity index (χ2v) is 7.63. The van der Waals surface area contributed by atoms with Crippen molar-refractivity contribution in [2.24, 2.45) is 5.10 Å². The molecule has 6 nitrogen and oxygen atoms in total. The second kappa shape index (κ2) is 7.44. The lowest BCUT2D eigenvalue weighted by Gasteiger charge is -2.27. The van der Waals surface area contributed by atoms with E-state index in [1.807, 2.05) is 55.5 Å². The maximum absolute atomic E-state index is 11.2. The van der Waals surface area contributed by atoms with E-state index in [0.29, 0.717) is 17.2 Å². The minimum atomic E-state index is -0.980. The number of fused-ring (bicyclic) bond motifs is 1. The van der Waals surface area contributed by atoms with Crippen LogP contribution in [0, 0.1) is 13.8 Å². The third kappa shape index (κ3) is 3.61. The molecule has 2 aromatic carbocycles. The van der Waals surface area contributed by atoms with Gasteiger partial charge in [0, 0.05) is 12.0 Å². The van der Waals surface area contributed by atoms with Gasteiger partial charge in [0.15, 0.2) is 0 Å². The minimum absolute atomic E-state index is 0.135. The molecule has 0 aliphatic carbocycles. The summed E-state index contributed by atoms with van der Waals surface area (Å²) in [4.78, 5) is 15.7. The highest BCUT2D eigenvalue weighted by molar-refractivity contribution is 7.17. The molecule has 3 aromatic rings. The van der Waals surface area contributed by atoms with Crippen molar-refractivity contribution < 1.29 is 14.6 Å². The highest BCUT2D eigenvalue weighted by Crippen LogP contribution is 2.36. The standard InChI is InChI=1S/C21H19N3O3S/c1-12-8-9-17-15(10-12)16(11-18(27-17)14-6-4-3-5-7-14)23-24-21-22-13(2)19(28-21)20(25)26/h3-10,18H,11H2,1-2H3,(H,22,24)(H,25,26)/b23-16+. The summed E-state index contributed by atoms with van der Waals surface area (Å²) >= 11 is 1.08. The van der Waals surface area contributed by atoms with Gasteiger partial charge in [0.1, 0.15) is 16.7 Å². The highest BCUT2D eigenvalue weighted by Gasteiger charge is 2.26. The van der Waals surface area contributed by atoms with Crippen molar-refractivity contribution in [3.8, 4) is 5.75 Å². The van der Waals surface area contributed by atoms with Gasteiger partial charge in [-0.3, -0.25) is 5.43 Å². The van der Waals surface area contributed by atoms with Crippen LogP contribution in [-0.4, -0.2) is 21.8 Å². The molecule has 1 aromatic heterocycles. The Morgan fingerprint density at radius 2 is 2.04 bits per heavy atom. The summed E-state index contributed by atoms with van der Waals surface area (Å²) in [5.41, 5.74) is 7.40. The zero-order chi connectivity index (χ0) is 19.7. The summed E-state index contributed by atoms with van der Waals surface area (Å²) in [5.74, 6) is -0.195. The van der Waals surface area contributed by atoms with Crippen molar-refractivity contribution in [3.05, 3.63) is 75.8 Å². The molecule has 1 aliphatic rings. The number of nitrogens with zero attached hydrogens (tertiary/aromatic N) is 2. The van der Waals surface area contributed by atoms with E-state index < -0.39 is 5.97 Å². The lowest BCUT2D eigenvalue weighted by Crippen LogP contribution is -2.22. The Balaban J connectivity index is 1.67. The van der Waals surface area contributed by atoms with Gasteiger partial charge in [-0.15, -0.1) is 0 Å². The van der Waals surface area contributed by atoms with Crippen LogP contribution in [0.1, 0.15) is 44.6 Å². The van der Waals surface area contributed by atoms with Crippen LogP contribution in [0.2, 0.25) is 0 Å². The molecule has 1 aliphatic heterocycles. The number of aromatic nitrogens is 1. The number of aryl methyl sites for hydroxylation is 2. The topological polar surface area (TPSA) is 83.8 Å². The molecule has 142 valence electrons. The molecule has 2 heterocycles. The Morgan fingerprint density at radius 1 is 1.25 bits per heavy atom. The van der Waals surface area contributed by atoms with Gasteiger partial charge < -0.3 is 9.84 Å². The zero-order valence-corrected chi connectivity index (χ0v) is 16.3. The second-order valence-electron chi connectivity index (χ2n) is 6.63. The molecule has 0 bridgehead atoms. The number of anilines is 1. The molecule has 0 saturated carbocycles. The summed E-state index contributed by atoms with van der Waals surface area (Å²) in [7, 11) is 0. The molecular weight excluding hydrogens is 374 g/mol. The van der Waals surface area contributed by atoms with E-state index in [4.69, 9.17) is 4.74 Å². The van der Waals surface area contributed by atoms with Crippen molar-refractivity contribution in [1.29, 1.82) is 0 Å².